The molecular weight excluding hydrogens is 244 g/mol. The van der Waals surface area contributed by atoms with Crippen LogP contribution in [0.3, 0.4) is 0 Å². The third-order valence-electron chi connectivity index (χ3n) is 0.677. The Bertz CT molecular complexity index is 138. The van der Waals surface area contributed by atoms with Crippen molar-refractivity contribution in [1.29, 1.82) is 0 Å². The van der Waals surface area contributed by atoms with Crippen molar-refractivity contribution in [1.82, 2.24) is 10.6 Å². The Labute approximate surface area is 100 Å². The Balaban J connectivity index is 0. The maximum atomic E-state index is 7.57. The van der Waals surface area contributed by atoms with Gasteiger partial charge in [-0.1, -0.05) is 24.4 Å². The van der Waals surface area contributed by atoms with E-state index < -0.39 is 0 Å². The first kappa shape index (κ1) is 15.9. The van der Waals surface area contributed by atoms with E-state index in [2.05, 4.69) is 60.3 Å². The van der Waals surface area contributed by atoms with Crippen LogP contribution in [0, 0.1) is 0 Å². The maximum absolute atomic E-state index is 7.57. The van der Waals surface area contributed by atoms with Gasteiger partial charge in [-0.05, 0) is 6.92 Å². The summed E-state index contributed by atoms with van der Waals surface area (Å²) in [5.41, 5.74) is 0. The molecule has 0 unspecified atom stereocenters. The van der Waals surface area contributed by atoms with Gasteiger partial charge in [0.25, 0.3) is 0 Å². The molecule has 0 aliphatic heterocycles. The second-order valence-electron chi connectivity index (χ2n) is 1.78. The van der Waals surface area contributed by atoms with Crippen molar-refractivity contribution in [2.75, 3.05) is 19.7 Å². The van der Waals surface area contributed by atoms with Crippen LogP contribution in [0.2, 0.25) is 0 Å². The van der Waals surface area contributed by atoms with Crippen LogP contribution in [0.4, 0.5) is 0 Å². The molecule has 0 rings (SSSR count). The molecule has 0 radical (unpaired) electrons. The Morgan fingerprint density at radius 1 is 1.15 bits per heavy atom. The molecule has 0 aromatic heterocycles. The third-order valence-corrected chi connectivity index (χ3v) is 1.28. The minimum Gasteiger partial charge on any atom is -0.397 e. The summed E-state index contributed by atoms with van der Waals surface area (Å²) in [6, 6.07) is 0. The fourth-order valence-corrected chi connectivity index (χ4v) is 0.767. The zero-order valence-corrected chi connectivity index (χ0v) is 10.7. The number of hydrogen-bond acceptors (Lipinski definition) is 3. The zero-order valence-electron chi connectivity index (χ0n) is 7.28. The quantitative estimate of drug-likeness (QED) is 0.291. The highest BCUT2D eigenvalue weighted by molar-refractivity contribution is 8.11. The standard InChI is InChI=1S/C4H8N2S4.C2H6O/c7-3(8)5-1-2-6-4(9)10;1-2-3/h1-2H2,(H2,5,7,8)(H2,6,9,10);3H,2H2,1H3. The SMILES string of the molecule is CCO.S=C(S)NCCNC(=S)S. The second-order valence-corrected chi connectivity index (χ2v) is 4.10. The molecule has 0 fully saturated rings. The monoisotopic (exact) mass is 258 g/mol. The maximum Gasteiger partial charge on any atom is 0.130 e. The van der Waals surface area contributed by atoms with E-state index in [9.17, 15) is 0 Å². The summed E-state index contributed by atoms with van der Waals surface area (Å²) >= 11 is 17.0. The van der Waals surface area contributed by atoms with Crippen molar-refractivity contribution in [2.24, 2.45) is 0 Å². The second kappa shape index (κ2) is 12.4. The van der Waals surface area contributed by atoms with Crippen LogP contribution in [0.15, 0.2) is 0 Å². The third kappa shape index (κ3) is 24.5. The smallest absolute Gasteiger partial charge is 0.130 e. The van der Waals surface area contributed by atoms with Crippen molar-refractivity contribution in [3.8, 4) is 0 Å². The largest absolute Gasteiger partial charge is 0.397 e. The van der Waals surface area contributed by atoms with Crippen LogP contribution < -0.4 is 10.6 Å². The van der Waals surface area contributed by atoms with Gasteiger partial charge in [0.15, 0.2) is 0 Å². The molecule has 0 aromatic rings. The van der Waals surface area contributed by atoms with Crippen LogP contribution in [0.1, 0.15) is 6.92 Å². The summed E-state index contributed by atoms with van der Waals surface area (Å²) in [5.74, 6) is 0. The topological polar surface area (TPSA) is 44.3 Å². The minimum absolute atomic E-state index is 0.250. The average molecular weight is 258 g/mol. The molecular formula is C6H14N2OS4. The highest BCUT2D eigenvalue weighted by atomic mass is 32.1. The number of thiocarbonyl (C=S) groups is 2. The minimum atomic E-state index is 0.250. The first-order valence-electron chi connectivity index (χ1n) is 3.59. The van der Waals surface area contributed by atoms with E-state index in [0.717, 1.165) is 0 Å². The molecule has 0 amide bonds. The van der Waals surface area contributed by atoms with E-state index in [0.29, 0.717) is 21.7 Å². The Hall–Kier alpha value is 0.440. The summed E-state index contributed by atoms with van der Waals surface area (Å²) in [6.45, 7) is 3.35. The summed E-state index contributed by atoms with van der Waals surface area (Å²) in [5, 5.41) is 13.3. The van der Waals surface area contributed by atoms with Gasteiger partial charge in [0.2, 0.25) is 0 Å². The lowest BCUT2D eigenvalue weighted by Gasteiger charge is -2.03. The van der Waals surface area contributed by atoms with E-state index in [1.807, 2.05) is 0 Å². The van der Waals surface area contributed by atoms with Crippen molar-refractivity contribution in [3.05, 3.63) is 0 Å². The van der Waals surface area contributed by atoms with Crippen LogP contribution in [-0.4, -0.2) is 33.4 Å². The van der Waals surface area contributed by atoms with Gasteiger partial charge in [-0.3, -0.25) is 0 Å². The van der Waals surface area contributed by atoms with Gasteiger partial charge in [0.1, 0.15) is 8.64 Å². The molecule has 78 valence electrons. The van der Waals surface area contributed by atoms with Crippen LogP contribution in [0.5, 0.6) is 0 Å². The molecule has 3 nitrogen and oxygen atoms in total. The van der Waals surface area contributed by atoms with Gasteiger partial charge in [-0.2, -0.15) is 0 Å². The molecule has 0 spiro atoms. The summed E-state index contributed by atoms with van der Waals surface area (Å²) in [6.07, 6.45) is 0. The van der Waals surface area contributed by atoms with Crippen molar-refractivity contribution in [2.45, 2.75) is 6.92 Å². The highest BCUT2D eigenvalue weighted by Gasteiger charge is 1.87. The van der Waals surface area contributed by atoms with Gasteiger partial charge in [0, 0.05) is 19.7 Å². The van der Waals surface area contributed by atoms with Gasteiger partial charge < -0.3 is 15.7 Å². The fourth-order valence-electron chi connectivity index (χ4n) is 0.339. The number of aliphatic hydroxyl groups is 1. The predicted octanol–water partition coefficient (Wildman–Crippen LogP) is 0.594. The molecule has 0 saturated heterocycles. The average Bonchev–Trinajstić information content (AvgIpc) is 1.99. The Morgan fingerprint density at radius 3 is 1.54 bits per heavy atom. The van der Waals surface area contributed by atoms with E-state index >= 15 is 0 Å². The van der Waals surface area contributed by atoms with Crippen molar-refractivity contribution in [3.63, 3.8) is 0 Å². The number of nitrogens with one attached hydrogen (secondary N) is 2. The number of thiol groups is 2. The van der Waals surface area contributed by atoms with Crippen molar-refractivity contribution < 1.29 is 5.11 Å². The lowest BCUT2D eigenvalue weighted by molar-refractivity contribution is 0.318. The van der Waals surface area contributed by atoms with Gasteiger partial charge in [0.05, 0.1) is 0 Å². The van der Waals surface area contributed by atoms with Crippen LogP contribution in [0.25, 0.3) is 0 Å². The lowest BCUT2D eigenvalue weighted by atomic mass is 10.6. The molecule has 0 aliphatic carbocycles. The summed E-state index contributed by atoms with van der Waals surface area (Å²) < 4.78 is 0.985. The molecule has 0 saturated carbocycles. The van der Waals surface area contributed by atoms with Gasteiger partial charge >= 0.3 is 0 Å². The molecule has 0 aliphatic rings. The zero-order chi connectivity index (χ0) is 10.7. The van der Waals surface area contributed by atoms with Gasteiger partial charge in [-0.15, -0.1) is 25.3 Å². The Kier molecular flexibility index (Phi) is 15.2. The number of aliphatic hydroxyl groups excluding tert-OH is 1. The fraction of sp³-hybridized carbons (Fsp3) is 0.667. The predicted molar refractivity (Wildman–Crippen MR) is 71.9 cm³/mol. The molecule has 0 bridgehead atoms. The Morgan fingerprint density at radius 2 is 1.38 bits per heavy atom. The van der Waals surface area contributed by atoms with Crippen LogP contribution >= 0.6 is 49.7 Å². The lowest BCUT2D eigenvalue weighted by Crippen LogP contribution is -2.29. The molecule has 0 heterocycles. The number of rotatable bonds is 3. The van der Waals surface area contributed by atoms with E-state index in [-0.39, 0.29) is 6.61 Å². The first-order valence-corrected chi connectivity index (χ1v) is 5.30. The van der Waals surface area contributed by atoms with E-state index in [1.165, 1.54) is 0 Å². The van der Waals surface area contributed by atoms with Crippen molar-refractivity contribution >= 4 is 58.3 Å². The normalized spacial score (nSPS) is 8.00. The van der Waals surface area contributed by atoms with E-state index in [1.54, 1.807) is 6.92 Å². The molecule has 3 N–H and O–H groups in total. The molecule has 13 heavy (non-hydrogen) atoms. The first-order chi connectivity index (χ1) is 6.04. The molecule has 7 heteroatoms. The summed E-state index contributed by atoms with van der Waals surface area (Å²) in [7, 11) is 0. The van der Waals surface area contributed by atoms with E-state index in [4.69, 9.17) is 5.11 Å². The van der Waals surface area contributed by atoms with Crippen LogP contribution in [-0.2, 0) is 0 Å². The molecule has 0 aromatic carbocycles. The highest BCUT2D eigenvalue weighted by Crippen LogP contribution is 1.77. The summed E-state index contributed by atoms with van der Waals surface area (Å²) in [4.78, 5) is 0. The molecule has 0 atom stereocenters. The number of hydrogen-bond donors (Lipinski definition) is 5. The van der Waals surface area contributed by atoms with Gasteiger partial charge in [-0.25, -0.2) is 0 Å².